The highest BCUT2D eigenvalue weighted by Crippen LogP contribution is 2.32. The predicted octanol–water partition coefficient (Wildman–Crippen LogP) is 3.60. The fourth-order valence-corrected chi connectivity index (χ4v) is 3.00. The van der Waals surface area contributed by atoms with Gasteiger partial charge in [-0.3, -0.25) is 4.79 Å². The summed E-state index contributed by atoms with van der Waals surface area (Å²) in [5.74, 6) is 1.45. The van der Waals surface area contributed by atoms with E-state index in [1.165, 1.54) is 0 Å². The van der Waals surface area contributed by atoms with Crippen molar-refractivity contribution in [2.75, 3.05) is 13.7 Å². The van der Waals surface area contributed by atoms with Crippen LogP contribution >= 0.6 is 0 Å². The maximum absolute atomic E-state index is 12.6. The summed E-state index contributed by atoms with van der Waals surface area (Å²) in [6.07, 6.45) is 0.711. The van der Waals surface area contributed by atoms with Gasteiger partial charge in [-0.05, 0) is 30.3 Å². The molecule has 1 aliphatic heterocycles. The largest absolute Gasteiger partial charge is 0.497 e. The molecule has 132 valence electrons. The molecule has 2 heterocycles. The molecule has 0 bridgehead atoms. The number of nitrogens with zero attached hydrogens (tertiary/aromatic N) is 1. The summed E-state index contributed by atoms with van der Waals surface area (Å²) >= 11 is 0. The van der Waals surface area contributed by atoms with Gasteiger partial charge < -0.3 is 19.3 Å². The number of hydrogen-bond donors (Lipinski definition) is 1. The summed E-state index contributed by atoms with van der Waals surface area (Å²) in [5.41, 5.74) is 2.43. The van der Waals surface area contributed by atoms with Crippen LogP contribution in [0.25, 0.3) is 11.3 Å². The van der Waals surface area contributed by atoms with Crippen LogP contribution in [0.2, 0.25) is 0 Å². The Morgan fingerprint density at radius 3 is 2.81 bits per heavy atom. The lowest BCUT2D eigenvalue weighted by Gasteiger charge is -2.26. The topological polar surface area (TPSA) is 73.6 Å². The number of aromatic nitrogens is 1. The van der Waals surface area contributed by atoms with Gasteiger partial charge in [-0.25, -0.2) is 0 Å². The van der Waals surface area contributed by atoms with Gasteiger partial charge in [0, 0.05) is 23.6 Å². The fourth-order valence-electron chi connectivity index (χ4n) is 3.00. The highest BCUT2D eigenvalue weighted by Gasteiger charge is 2.24. The van der Waals surface area contributed by atoms with Gasteiger partial charge in [0.15, 0.2) is 0 Å². The van der Waals surface area contributed by atoms with Gasteiger partial charge >= 0.3 is 0 Å². The van der Waals surface area contributed by atoms with Crippen molar-refractivity contribution in [1.82, 2.24) is 10.5 Å². The standard InChI is InChI=1S/C20H18N2O4/c1-24-14-8-6-13(7-9-14)17-12-19(26-22-17)20(23)21-16-10-11-25-18-5-3-2-4-15(16)18/h2-9,12,16H,10-11H2,1H3,(H,21,23). The van der Waals surface area contributed by atoms with E-state index in [0.717, 1.165) is 22.6 Å². The van der Waals surface area contributed by atoms with E-state index >= 15 is 0 Å². The molecule has 3 aromatic rings. The Bertz CT molecular complexity index is 918. The highest BCUT2D eigenvalue weighted by molar-refractivity contribution is 5.92. The number of amides is 1. The zero-order chi connectivity index (χ0) is 17.9. The summed E-state index contributed by atoms with van der Waals surface area (Å²) in [6, 6.07) is 16.7. The predicted molar refractivity (Wildman–Crippen MR) is 95.3 cm³/mol. The molecule has 1 atom stereocenters. The molecule has 6 heteroatoms. The first-order valence-corrected chi connectivity index (χ1v) is 8.38. The Labute approximate surface area is 150 Å². The number of rotatable bonds is 4. The molecule has 0 radical (unpaired) electrons. The Hall–Kier alpha value is -3.28. The lowest BCUT2D eigenvalue weighted by Crippen LogP contribution is -2.31. The SMILES string of the molecule is COc1ccc(-c2cc(C(=O)NC3CCOc4ccccc43)on2)cc1. The van der Waals surface area contributed by atoms with Crippen molar-refractivity contribution < 1.29 is 18.8 Å². The number of para-hydroxylation sites is 1. The van der Waals surface area contributed by atoms with Gasteiger partial charge in [0.1, 0.15) is 17.2 Å². The minimum Gasteiger partial charge on any atom is -0.497 e. The van der Waals surface area contributed by atoms with Crippen molar-refractivity contribution in [2.24, 2.45) is 0 Å². The lowest BCUT2D eigenvalue weighted by molar-refractivity contribution is 0.0887. The van der Waals surface area contributed by atoms with E-state index in [9.17, 15) is 4.79 Å². The van der Waals surface area contributed by atoms with Gasteiger partial charge in [0.2, 0.25) is 5.76 Å². The van der Waals surface area contributed by atoms with E-state index in [4.69, 9.17) is 14.0 Å². The van der Waals surface area contributed by atoms with Crippen LogP contribution in [0.3, 0.4) is 0 Å². The van der Waals surface area contributed by atoms with Gasteiger partial charge in [-0.2, -0.15) is 0 Å². The Morgan fingerprint density at radius 2 is 2.00 bits per heavy atom. The van der Waals surface area contributed by atoms with E-state index in [0.29, 0.717) is 18.7 Å². The zero-order valence-corrected chi connectivity index (χ0v) is 14.3. The smallest absolute Gasteiger partial charge is 0.290 e. The number of fused-ring (bicyclic) bond motifs is 1. The Kier molecular flexibility index (Phi) is 4.31. The molecule has 1 amide bonds. The van der Waals surface area contributed by atoms with Crippen molar-refractivity contribution in [3.05, 3.63) is 65.9 Å². The number of methoxy groups -OCH3 is 1. The highest BCUT2D eigenvalue weighted by atomic mass is 16.5. The molecule has 0 saturated carbocycles. The second-order valence-corrected chi connectivity index (χ2v) is 6.01. The molecular weight excluding hydrogens is 332 g/mol. The Balaban J connectivity index is 1.50. The third-order valence-electron chi connectivity index (χ3n) is 4.38. The molecule has 4 rings (SSSR count). The van der Waals surface area contributed by atoms with Crippen LogP contribution in [0.5, 0.6) is 11.5 Å². The molecule has 6 nitrogen and oxygen atoms in total. The van der Waals surface area contributed by atoms with Crippen molar-refractivity contribution in [2.45, 2.75) is 12.5 Å². The average Bonchev–Trinajstić information content (AvgIpc) is 3.19. The molecule has 0 aliphatic carbocycles. The number of nitrogens with one attached hydrogen (secondary N) is 1. The lowest BCUT2D eigenvalue weighted by atomic mass is 10.0. The van der Waals surface area contributed by atoms with Crippen LogP contribution < -0.4 is 14.8 Å². The van der Waals surface area contributed by atoms with E-state index < -0.39 is 0 Å². The minimum absolute atomic E-state index is 0.109. The zero-order valence-electron chi connectivity index (χ0n) is 14.3. The Morgan fingerprint density at radius 1 is 1.19 bits per heavy atom. The van der Waals surface area contributed by atoms with E-state index in [-0.39, 0.29) is 17.7 Å². The summed E-state index contributed by atoms with van der Waals surface area (Å²) in [7, 11) is 1.61. The number of carbonyl (C=O) groups is 1. The first-order valence-electron chi connectivity index (χ1n) is 8.38. The fraction of sp³-hybridized carbons (Fsp3) is 0.200. The third kappa shape index (κ3) is 3.13. The molecule has 1 aromatic heterocycles. The molecule has 0 fully saturated rings. The summed E-state index contributed by atoms with van der Waals surface area (Å²) in [5, 5.41) is 7.00. The van der Waals surface area contributed by atoms with Crippen LogP contribution in [0, 0.1) is 0 Å². The molecule has 1 aliphatic rings. The molecule has 0 saturated heterocycles. The molecule has 1 unspecified atom stereocenters. The maximum atomic E-state index is 12.6. The van der Waals surface area contributed by atoms with Crippen LogP contribution in [-0.2, 0) is 0 Å². The van der Waals surface area contributed by atoms with Crippen LogP contribution in [0.4, 0.5) is 0 Å². The maximum Gasteiger partial charge on any atom is 0.290 e. The second kappa shape index (κ2) is 6.92. The van der Waals surface area contributed by atoms with Crippen molar-refractivity contribution in [1.29, 1.82) is 0 Å². The van der Waals surface area contributed by atoms with Gasteiger partial charge in [0.25, 0.3) is 5.91 Å². The third-order valence-corrected chi connectivity index (χ3v) is 4.38. The first kappa shape index (κ1) is 16.2. The average molecular weight is 350 g/mol. The second-order valence-electron chi connectivity index (χ2n) is 6.01. The molecule has 26 heavy (non-hydrogen) atoms. The number of carbonyl (C=O) groups excluding carboxylic acids is 1. The van der Waals surface area contributed by atoms with Crippen molar-refractivity contribution in [3.63, 3.8) is 0 Å². The monoisotopic (exact) mass is 350 g/mol. The van der Waals surface area contributed by atoms with Crippen LogP contribution in [0.15, 0.2) is 59.1 Å². The van der Waals surface area contributed by atoms with Crippen molar-refractivity contribution >= 4 is 5.91 Å². The first-order chi connectivity index (χ1) is 12.7. The van der Waals surface area contributed by atoms with Gasteiger partial charge in [-0.15, -0.1) is 0 Å². The number of hydrogen-bond acceptors (Lipinski definition) is 5. The van der Waals surface area contributed by atoms with Crippen molar-refractivity contribution in [3.8, 4) is 22.8 Å². The molecule has 0 spiro atoms. The molecule has 2 aromatic carbocycles. The van der Waals surface area contributed by atoms with Crippen LogP contribution in [-0.4, -0.2) is 24.8 Å². The van der Waals surface area contributed by atoms with Gasteiger partial charge in [0.05, 0.1) is 19.8 Å². The summed E-state index contributed by atoms with van der Waals surface area (Å²) < 4.78 is 16.0. The minimum atomic E-state index is -0.293. The molecular formula is C20H18N2O4. The van der Waals surface area contributed by atoms with Gasteiger partial charge in [-0.1, -0.05) is 23.4 Å². The van der Waals surface area contributed by atoms with E-state index in [1.807, 2.05) is 48.5 Å². The number of benzene rings is 2. The van der Waals surface area contributed by atoms with Crippen LogP contribution in [0.1, 0.15) is 28.6 Å². The summed E-state index contributed by atoms with van der Waals surface area (Å²) in [4.78, 5) is 12.6. The normalized spacial score (nSPS) is 15.7. The van der Waals surface area contributed by atoms with E-state index in [2.05, 4.69) is 10.5 Å². The quantitative estimate of drug-likeness (QED) is 0.778. The van der Waals surface area contributed by atoms with E-state index in [1.54, 1.807) is 13.2 Å². The summed E-state index contributed by atoms with van der Waals surface area (Å²) in [6.45, 7) is 0.565. The number of ether oxygens (including phenoxy) is 2. The molecule has 1 N–H and O–H groups in total.